The molecule has 0 spiro atoms. The molecule has 0 radical (unpaired) electrons. The standard InChI is InChI=1S/C23H33FN2O3/c1-3-4-9-28-20-11-18-6-7-19(12-20)25(18)13-16(2)14-26-21-10-17(24)5-8-22(21)29-15-23(26)27/h5,8,10,16,18-20H,3-4,6-7,9,11-15H2,1-2H3/t16-,18+,19?,20?/m1/s1. The maximum Gasteiger partial charge on any atom is 0.265 e. The fraction of sp³-hybridized carbons (Fsp3) is 0.696. The first kappa shape index (κ1) is 20.6. The van der Waals surface area contributed by atoms with Crippen LogP contribution in [-0.4, -0.2) is 55.3 Å². The van der Waals surface area contributed by atoms with Gasteiger partial charge in [-0.2, -0.15) is 0 Å². The topological polar surface area (TPSA) is 42.0 Å². The fourth-order valence-corrected chi connectivity index (χ4v) is 5.16. The third-order valence-electron chi connectivity index (χ3n) is 6.57. The molecule has 2 unspecified atom stereocenters. The summed E-state index contributed by atoms with van der Waals surface area (Å²) in [5, 5.41) is 0. The molecule has 6 heteroatoms. The second-order valence-corrected chi connectivity index (χ2v) is 8.91. The van der Waals surface area contributed by atoms with Crippen LogP contribution in [0.1, 0.15) is 52.4 Å². The van der Waals surface area contributed by atoms with Crippen LogP contribution in [0.4, 0.5) is 10.1 Å². The van der Waals surface area contributed by atoms with Crippen molar-refractivity contribution >= 4 is 11.6 Å². The zero-order valence-corrected chi connectivity index (χ0v) is 17.6. The lowest BCUT2D eigenvalue weighted by atomic mass is 9.97. The summed E-state index contributed by atoms with van der Waals surface area (Å²) >= 11 is 0. The Labute approximate surface area is 173 Å². The quantitative estimate of drug-likeness (QED) is 0.614. The molecule has 1 aromatic carbocycles. The molecule has 3 aliphatic heterocycles. The summed E-state index contributed by atoms with van der Waals surface area (Å²) in [6.45, 7) is 6.84. The van der Waals surface area contributed by atoms with Crippen LogP contribution >= 0.6 is 0 Å². The molecule has 160 valence electrons. The second kappa shape index (κ2) is 9.00. The predicted molar refractivity (Wildman–Crippen MR) is 111 cm³/mol. The highest BCUT2D eigenvalue weighted by Gasteiger charge is 2.41. The number of halogens is 1. The molecule has 1 amide bonds. The summed E-state index contributed by atoms with van der Waals surface area (Å²) in [5.74, 6) is 0.445. The number of piperidine rings is 1. The molecule has 3 aliphatic rings. The molecule has 0 aliphatic carbocycles. The van der Waals surface area contributed by atoms with Gasteiger partial charge < -0.3 is 14.4 Å². The smallest absolute Gasteiger partial charge is 0.265 e. The van der Waals surface area contributed by atoms with Gasteiger partial charge in [-0.05, 0) is 50.2 Å². The number of amides is 1. The molecule has 1 aromatic rings. The molecule has 2 bridgehead atoms. The van der Waals surface area contributed by atoms with Crippen LogP contribution in [0.15, 0.2) is 18.2 Å². The van der Waals surface area contributed by atoms with Crippen LogP contribution < -0.4 is 9.64 Å². The number of rotatable bonds is 8. The number of carbonyl (C=O) groups excluding carboxylic acids is 1. The van der Waals surface area contributed by atoms with Gasteiger partial charge in [-0.1, -0.05) is 20.3 Å². The Kier molecular flexibility index (Phi) is 6.40. The van der Waals surface area contributed by atoms with Crippen molar-refractivity contribution in [2.45, 2.75) is 70.6 Å². The fourth-order valence-electron chi connectivity index (χ4n) is 5.16. The van der Waals surface area contributed by atoms with E-state index in [1.54, 1.807) is 11.0 Å². The van der Waals surface area contributed by atoms with Gasteiger partial charge in [-0.15, -0.1) is 0 Å². The molecule has 2 fully saturated rings. The number of anilines is 1. The third kappa shape index (κ3) is 4.58. The molecular formula is C23H33FN2O3. The summed E-state index contributed by atoms with van der Waals surface area (Å²) < 4.78 is 25.3. The van der Waals surface area contributed by atoms with E-state index < -0.39 is 0 Å². The third-order valence-corrected chi connectivity index (χ3v) is 6.57. The van der Waals surface area contributed by atoms with Crippen LogP contribution in [0, 0.1) is 11.7 Å². The largest absolute Gasteiger partial charge is 0.482 e. The normalized spacial score (nSPS) is 27.6. The van der Waals surface area contributed by atoms with E-state index in [0.717, 1.165) is 32.4 Å². The first-order valence-electron chi connectivity index (χ1n) is 11.1. The Morgan fingerprint density at radius 2 is 2.00 bits per heavy atom. The number of hydrogen-bond acceptors (Lipinski definition) is 4. The lowest BCUT2D eigenvalue weighted by Crippen LogP contribution is -2.49. The molecule has 5 nitrogen and oxygen atoms in total. The molecule has 2 saturated heterocycles. The van der Waals surface area contributed by atoms with Gasteiger partial charge in [0.05, 0.1) is 11.8 Å². The van der Waals surface area contributed by atoms with E-state index in [0.29, 0.717) is 42.1 Å². The summed E-state index contributed by atoms with van der Waals surface area (Å²) in [6, 6.07) is 5.57. The summed E-state index contributed by atoms with van der Waals surface area (Å²) in [7, 11) is 0. The number of hydrogen-bond donors (Lipinski definition) is 0. The van der Waals surface area contributed by atoms with Gasteiger partial charge in [0.2, 0.25) is 0 Å². The minimum Gasteiger partial charge on any atom is -0.482 e. The predicted octanol–water partition coefficient (Wildman–Crippen LogP) is 4.00. The first-order chi connectivity index (χ1) is 14.0. The van der Waals surface area contributed by atoms with E-state index >= 15 is 0 Å². The lowest BCUT2D eigenvalue weighted by molar-refractivity contribution is -0.121. The van der Waals surface area contributed by atoms with Gasteiger partial charge >= 0.3 is 0 Å². The molecule has 0 N–H and O–H groups in total. The highest BCUT2D eigenvalue weighted by atomic mass is 19.1. The van der Waals surface area contributed by atoms with Crippen LogP contribution in [0.2, 0.25) is 0 Å². The van der Waals surface area contributed by atoms with Gasteiger partial charge in [0.25, 0.3) is 5.91 Å². The van der Waals surface area contributed by atoms with E-state index in [-0.39, 0.29) is 18.3 Å². The zero-order valence-electron chi connectivity index (χ0n) is 17.6. The Bertz CT molecular complexity index is 714. The van der Waals surface area contributed by atoms with Crippen molar-refractivity contribution in [2.75, 3.05) is 31.2 Å². The molecule has 29 heavy (non-hydrogen) atoms. The molecule has 3 heterocycles. The van der Waals surface area contributed by atoms with Crippen LogP contribution in [0.5, 0.6) is 5.75 Å². The number of nitrogens with zero attached hydrogens (tertiary/aromatic N) is 2. The van der Waals surface area contributed by atoms with Crippen molar-refractivity contribution in [1.82, 2.24) is 4.90 Å². The number of fused-ring (bicyclic) bond motifs is 3. The van der Waals surface area contributed by atoms with E-state index in [4.69, 9.17) is 9.47 Å². The van der Waals surface area contributed by atoms with Crippen molar-refractivity contribution in [2.24, 2.45) is 5.92 Å². The number of unbranched alkanes of at least 4 members (excludes halogenated alkanes) is 1. The number of carbonyl (C=O) groups is 1. The van der Waals surface area contributed by atoms with Gasteiger partial charge in [0.15, 0.2) is 6.61 Å². The minimum atomic E-state index is -0.345. The Balaban J connectivity index is 1.36. The van der Waals surface area contributed by atoms with E-state index in [2.05, 4.69) is 18.7 Å². The maximum absolute atomic E-state index is 13.8. The lowest BCUT2D eigenvalue weighted by Gasteiger charge is -2.41. The Hall–Kier alpha value is -1.66. The minimum absolute atomic E-state index is 0.0249. The van der Waals surface area contributed by atoms with Crippen LogP contribution in [-0.2, 0) is 9.53 Å². The van der Waals surface area contributed by atoms with Crippen LogP contribution in [0.3, 0.4) is 0 Å². The van der Waals surface area contributed by atoms with Crippen molar-refractivity contribution in [3.63, 3.8) is 0 Å². The molecule has 4 atom stereocenters. The number of ether oxygens (including phenoxy) is 2. The van der Waals surface area contributed by atoms with Gasteiger partial charge in [-0.3, -0.25) is 9.69 Å². The van der Waals surface area contributed by atoms with Crippen molar-refractivity contribution in [3.8, 4) is 5.75 Å². The average Bonchev–Trinajstić information content (AvgIpc) is 2.92. The van der Waals surface area contributed by atoms with Gasteiger partial charge in [-0.25, -0.2) is 4.39 Å². The maximum atomic E-state index is 13.8. The molecule has 4 rings (SSSR count). The van der Waals surface area contributed by atoms with Gasteiger partial charge in [0, 0.05) is 37.8 Å². The van der Waals surface area contributed by atoms with Crippen molar-refractivity contribution < 1.29 is 18.7 Å². The SMILES string of the molecule is CCCCOC1CC2CC[C@@H](C1)N2C[C@@H](C)CN1C(=O)COc2ccc(F)cc21. The number of benzene rings is 1. The van der Waals surface area contributed by atoms with Crippen molar-refractivity contribution in [3.05, 3.63) is 24.0 Å². The highest BCUT2D eigenvalue weighted by molar-refractivity contribution is 5.97. The zero-order chi connectivity index (χ0) is 20.4. The van der Waals surface area contributed by atoms with E-state index in [1.165, 1.54) is 31.4 Å². The Morgan fingerprint density at radius 3 is 2.72 bits per heavy atom. The first-order valence-corrected chi connectivity index (χ1v) is 11.1. The van der Waals surface area contributed by atoms with E-state index in [1.807, 2.05) is 0 Å². The Morgan fingerprint density at radius 1 is 1.24 bits per heavy atom. The second-order valence-electron chi connectivity index (χ2n) is 8.91. The van der Waals surface area contributed by atoms with Crippen LogP contribution in [0.25, 0.3) is 0 Å². The summed E-state index contributed by atoms with van der Waals surface area (Å²) in [4.78, 5) is 16.8. The summed E-state index contributed by atoms with van der Waals surface area (Å²) in [6.07, 6.45) is 7.46. The van der Waals surface area contributed by atoms with Crippen molar-refractivity contribution in [1.29, 1.82) is 0 Å². The molecule has 0 saturated carbocycles. The molecular weight excluding hydrogens is 371 g/mol. The van der Waals surface area contributed by atoms with E-state index in [9.17, 15) is 9.18 Å². The highest BCUT2D eigenvalue weighted by Crippen LogP contribution is 2.38. The molecule has 0 aromatic heterocycles. The summed E-state index contributed by atoms with van der Waals surface area (Å²) in [5.41, 5.74) is 0.555. The monoisotopic (exact) mass is 404 g/mol. The average molecular weight is 405 g/mol. The van der Waals surface area contributed by atoms with Gasteiger partial charge in [0.1, 0.15) is 11.6 Å².